The van der Waals surface area contributed by atoms with Crippen LogP contribution in [-0.4, -0.2) is 13.0 Å². The first-order valence-electron chi connectivity index (χ1n) is 6.77. The highest BCUT2D eigenvalue weighted by Crippen LogP contribution is 2.24. The zero-order valence-electron chi connectivity index (χ0n) is 12.5. The number of nitrogens with one attached hydrogen (secondary N) is 1. The quantitative estimate of drug-likeness (QED) is 0.887. The first kappa shape index (κ1) is 14.9. The summed E-state index contributed by atoms with van der Waals surface area (Å²) in [6.45, 7) is 4.00. The number of ether oxygens (including phenoxy) is 1. The first-order chi connectivity index (χ1) is 9.99. The number of amides is 1. The van der Waals surface area contributed by atoms with Crippen LogP contribution in [0.2, 0.25) is 0 Å². The third-order valence-corrected chi connectivity index (χ3v) is 3.24. The van der Waals surface area contributed by atoms with Crippen LogP contribution in [0.5, 0.6) is 5.75 Å². The Labute approximate surface area is 124 Å². The Hall–Kier alpha value is -2.49. The predicted octanol–water partition coefficient (Wildman–Crippen LogP) is 2.95. The molecule has 0 radical (unpaired) electrons. The maximum absolute atomic E-state index is 11.8. The van der Waals surface area contributed by atoms with E-state index >= 15 is 0 Å². The summed E-state index contributed by atoms with van der Waals surface area (Å²) in [5, 5.41) is 3.17. The Morgan fingerprint density at radius 3 is 2.38 bits per heavy atom. The van der Waals surface area contributed by atoms with Gasteiger partial charge in [-0.1, -0.05) is 35.4 Å². The van der Waals surface area contributed by atoms with Gasteiger partial charge in [0, 0.05) is 11.8 Å². The van der Waals surface area contributed by atoms with Crippen LogP contribution in [0.3, 0.4) is 0 Å². The number of hydrogen-bond acceptors (Lipinski definition) is 3. The minimum absolute atomic E-state index is 0.414. The molecule has 0 fully saturated rings. The summed E-state index contributed by atoms with van der Waals surface area (Å²) in [7, 11) is 1.61. The topological polar surface area (TPSA) is 64.3 Å². The lowest BCUT2D eigenvalue weighted by atomic mass is 10.0. The second-order valence-electron chi connectivity index (χ2n) is 5.13. The summed E-state index contributed by atoms with van der Waals surface area (Å²) in [6, 6.07) is 12.8. The fraction of sp³-hybridized carbons (Fsp3) is 0.235. The van der Waals surface area contributed by atoms with Crippen molar-refractivity contribution in [3.05, 3.63) is 59.2 Å². The average molecular weight is 284 g/mol. The molecule has 0 aromatic heterocycles. The maximum atomic E-state index is 11.8. The van der Waals surface area contributed by atoms with Crippen molar-refractivity contribution in [2.75, 3.05) is 12.4 Å². The van der Waals surface area contributed by atoms with E-state index in [2.05, 4.69) is 11.4 Å². The molecule has 0 spiro atoms. The Morgan fingerprint density at radius 2 is 1.81 bits per heavy atom. The van der Waals surface area contributed by atoms with Gasteiger partial charge in [0.05, 0.1) is 7.11 Å². The summed E-state index contributed by atoms with van der Waals surface area (Å²) in [5.41, 5.74) is 9.41. The number of carbonyl (C=O) groups is 1. The fourth-order valence-corrected chi connectivity index (χ4v) is 2.37. The van der Waals surface area contributed by atoms with Crippen LogP contribution in [0, 0.1) is 13.8 Å². The second-order valence-corrected chi connectivity index (χ2v) is 5.13. The van der Waals surface area contributed by atoms with Gasteiger partial charge in [-0.3, -0.25) is 4.79 Å². The highest BCUT2D eigenvalue weighted by Gasteiger charge is 2.18. The maximum Gasteiger partial charge on any atom is 0.244 e. The highest BCUT2D eigenvalue weighted by molar-refractivity contribution is 5.84. The molecule has 4 nitrogen and oxygen atoms in total. The van der Waals surface area contributed by atoms with Gasteiger partial charge in [-0.15, -0.1) is 0 Å². The number of carbonyl (C=O) groups excluding carboxylic acids is 1. The summed E-state index contributed by atoms with van der Waals surface area (Å²) in [4.78, 5) is 11.8. The van der Waals surface area contributed by atoms with Crippen LogP contribution in [0.15, 0.2) is 42.5 Å². The van der Waals surface area contributed by atoms with Crippen molar-refractivity contribution in [1.82, 2.24) is 0 Å². The van der Waals surface area contributed by atoms with Gasteiger partial charge in [-0.25, -0.2) is 0 Å². The first-order valence-corrected chi connectivity index (χ1v) is 6.77. The van der Waals surface area contributed by atoms with Crippen LogP contribution in [0.1, 0.15) is 22.7 Å². The van der Waals surface area contributed by atoms with Gasteiger partial charge in [0.25, 0.3) is 0 Å². The van der Waals surface area contributed by atoms with Crippen molar-refractivity contribution in [3.63, 3.8) is 0 Å². The lowest BCUT2D eigenvalue weighted by molar-refractivity contribution is -0.118. The van der Waals surface area contributed by atoms with E-state index in [1.54, 1.807) is 7.11 Å². The van der Waals surface area contributed by atoms with Crippen LogP contribution in [-0.2, 0) is 4.79 Å². The third-order valence-electron chi connectivity index (χ3n) is 3.24. The molecule has 3 N–H and O–H groups in total. The minimum Gasteiger partial charge on any atom is -0.497 e. The van der Waals surface area contributed by atoms with Crippen molar-refractivity contribution in [1.29, 1.82) is 0 Å². The number of hydrogen-bond donors (Lipinski definition) is 2. The minimum atomic E-state index is -0.573. The van der Waals surface area contributed by atoms with E-state index < -0.39 is 11.9 Å². The van der Waals surface area contributed by atoms with Crippen molar-refractivity contribution < 1.29 is 9.53 Å². The molecule has 21 heavy (non-hydrogen) atoms. The van der Waals surface area contributed by atoms with Gasteiger partial charge in [-0.2, -0.15) is 0 Å². The smallest absolute Gasteiger partial charge is 0.244 e. The summed E-state index contributed by atoms with van der Waals surface area (Å²) >= 11 is 0. The summed E-state index contributed by atoms with van der Waals surface area (Å²) < 4.78 is 5.18. The Morgan fingerprint density at radius 1 is 1.14 bits per heavy atom. The molecule has 2 aromatic rings. The van der Waals surface area contributed by atoms with E-state index in [0.717, 1.165) is 28.1 Å². The molecular formula is C17H20N2O2. The summed E-state index contributed by atoms with van der Waals surface area (Å²) in [6.07, 6.45) is 0. The van der Waals surface area contributed by atoms with Gasteiger partial charge in [0.2, 0.25) is 5.91 Å². The molecule has 0 bridgehead atoms. The zero-order chi connectivity index (χ0) is 15.4. The van der Waals surface area contributed by atoms with Crippen molar-refractivity contribution in [2.24, 2.45) is 5.73 Å². The molecule has 0 aliphatic carbocycles. The van der Waals surface area contributed by atoms with Gasteiger partial charge in [-0.05, 0) is 31.5 Å². The van der Waals surface area contributed by atoms with E-state index in [0.29, 0.717) is 0 Å². The van der Waals surface area contributed by atoms with E-state index in [9.17, 15) is 4.79 Å². The molecular weight excluding hydrogens is 264 g/mol. The number of benzene rings is 2. The SMILES string of the molecule is COc1cccc(NC(C(N)=O)c2cc(C)cc(C)c2)c1. The number of methoxy groups -OCH3 is 1. The molecule has 110 valence electrons. The van der Waals surface area contributed by atoms with E-state index in [1.807, 2.05) is 50.2 Å². The van der Waals surface area contributed by atoms with E-state index in [4.69, 9.17) is 10.5 Å². The number of rotatable bonds is 5. The van der Waals surface area contributed by atoms with Gasteiger partial charge < -0.3 is 15.8 Å². The van der Waals surface area contributed by atoms with Crippen LogP contribution in [0.4, 0.5) is 5.69 Å². The summed E-state index contributed by atoms with van der Waals surface area (Å²) in [5.74, 6) is 0.312. The standard InChI is InChI=1S/C17H20N2O2/c1-11-7-12(2)9-13(8-11)16(17(18)20)19-14-5-4-6-15(10-14)21-3/h4-10,16,19H,1-3H3,(H2,18,20). The molecule has 4 heteroatoms. The van der Waals surface area contributed by atoms with Crippen LogP contribution >= 0.6 is 0 Å². The predicted molar refractivity (Wildman–Crippen MR) is 84.5 cm³/mol. The third kappa shape index (κ3) is 3.75. The van der Waals surface area contributed by atoms with Gasteiger partial charge in [0.1, 0.15) is 11.8 Å². The normalized spacial score (nSPS) is 11.8. The molecule has 1 atom stereocenters. The van der Waals surface area contributed by atoms with Crippen molar-refractivity contribution in [3.8, 4) is 5.75 Å². The van der Waals surface area contributed by atoms with Crippen LogP contribution in [0.25, 0.3) is 0 Å². The molecule has 0 saturated carbocycles. The zero-order valence-corrected chi connectivity index (χ0v) is 12.5. The molecule has 2 aromatic carbocycles. The lowest BCUT2D eigenvalue weighted by Crippen LogP contribution is -2.27. The Kier molecular flexibility index (Phi) is 4.48. The number of primary amides is 1. The Bertz CT molecular complexity index is 633. The monoisotopic (exact) mass is 284 g/mol. The van der Waals surface area contributed by atoms with Gasteiger partial charge >= 0.3 is 0 Å². The van der Waals surface area contributed by atoms with Crippen molar-refractivity contribution >= 4 is 11.6 Å². The fourth-order valence-electron chi connectivity index (χ4n) is 2.37. The molecule has 2 rings (SSSR count). The van der Waals surface area contributed by atoms with E-state index in [-0.39, 0.29) is 0 Å². The Balaban J connectivity index is 2.32. The molecule has 0 aliphatic heterocycles. The molecule has 0 heterocycles. The molecule has 0 saturated heterocycles. The molecule has 1 amide bonds. The van der Waals surface area contributed by atoms with Crippen molar-refractivity contribution in [2.45, 2.75) is 19.9 Å². The molecule has 1 unspecified atom stereocenters. The largest absolute Gasteiger partial charge is 0.497 e. The van der Waals surface area contributed by atoms with Crippen LogP contribution < -0.4 is 15.8 Å². The lowest BCUT2D eigenvalue weighted by Gasteiger charge is -2.18. The highest BCUT2D eigenvalue weighted by atomic mass is 16.5. The average Bonchev–Trinajstić information content (AvgIpc) is 2.43. The molecule has 0 aliphatic rings. The second kappa shape index (κ2) is 6.31. The van der Waals surface area contributed by atoms with Gasteiger partial charge in [0.15, 0.2) is 0 Å². The number of nitrogens with two attached hydrogens (primary N) is 1. The number of aryl methyl sites for hydroxylation is 2. The number of anilines is 1. The van der Waals surface area contributed by atoms with E-state index in [1.165, 1.54) is 0 Å².